The number of hydrogen-bond donors (Lipinski definition) is 2. The highest BCUT2D eigenvalue weighted by atomic mass is 16.4. The van der Waals surface area contributed by atoms with Crippen LogP contribution in [0.25, 0.3) is 11.1 Å². The molecule has 1 aromatic carbocycles. The third kappa shape index (κ3) is 4.24. The van der Waals surface area contributed by atoms with Gasteiger partial charge in [0.25, 0.3) is 0 Å². The van der Waals surface area contributed by atoms with E-state index < -0.39 is 0 Å². The lowest BCUT2D eigenvalue weighted by atomic mass is 10.2. The van der Waals surface area contributed by atoms with Crippen LogP contribution in [0.1, 0.15) is 12.8 Å². The molecular weight excluding hydrogens is 308 g/mol. The summed E-state index contributed by atoms with van der Waals surface area (Å²) in [5.41, 5.74) is 1.90. The molecular formula is C17H24N4O3. The van der Waals surface area contributed by atoms with Gasteiger partial charge in [0.15, 0.2) is 5.58 Å². The molecule has 24 heavy (non-hydrogen) atoms. The van der Waals surface area contributed by atoms with Gasteiger partial charge >= 0.3 is 5.76 Å². The third-order valence-electron chi connectivity index (χ3n) is 4.14. The predicted molar refractivity (Wildman–Crippen MR) is 93.3 cm³/mol. The molecule has 1 aliphatic rings. The van der Waals surface area contributed by atoms with E-state index >= 15 is 0 Å². The van der Waals surface area contributed by atoms with Crippen molar-refractivity contribution in [2.24, 2.45) is 5.92 Å². The van der Waals surface area contributed by atoms with Crippen LogP contribution in [0.3, 0.4) is 0 Å². The molecule has 2 aromatic rings. The van der Waals surface area contributed by atoms with Gasteiger partial charge in [-0.25, -0.2) is 4.79 Å². The van der Waals surface area contributed by atoms with E-state index in [-0.39, 0.29) is 11.7 Å². The van der Waals surface area contributed by atoms with Crippen molar-refractivity contribution in [1.82, 2.24) is 14.8 Å². The van der Waals surface area contributed by atoms with E-state index in [0.717, 1.165) is 19.0 Å². The average Bonchev–Trinajstić information content (AvgIpc) is 3.28. The summed E-state index contributed by atoms with van der Waals surface area (Å²) < 4.78 is 6.85. The number of likely N-dealkylation sites (N-methyl/N-ethyl adjacent to an activating group) is 1. The summed E-state index contributed by atoms with van der Waals surface area (Å²) in [5.74, 6) is 0.285. The van der Waals surface area contributed by atoms with Crippen LogP contribution in [0.4, 0.5) is 5.69 Å². The van der Waals surface area contributed by atoms with Gasteiger partial charge in [-0.15, -0.1) is 0 Å². The summed E-state index contributed by atoms with van der Waals surface area (Å²) in [6.45, 7) is 2.47. The first-order chi connectivity index (χ1) is 11.5. The van der Waals surface area contributed by atoms with E-state index in [1.807, 2.05) is 19.0 Å². The molecule has 1 heterocycles. The van der Waals surface area contributed by atoms with E-state index in [1.165, 1.54) is 12.8 Å². The minimum Gasteiger partial charge on any atom is -0.408 e. The van der Waals surface area contributed by atoms with Crippen molar-refractivity contribution in [2.45, 2.75) is 19.4 Å². The van der Waals surface area contributed by atoms with Gasteiger partial charge < -0.3 is 20.0 Å². The molecule has 1 saturated carbocycles. The molecule has 1 fully saturated rings. The Balaban J connectivity index is 1.68. The molecule has 0 atom stereocenters. The van der Waals surface area contributed by atoms with Crippen LogP contribution in [-0.2, 0) is 11.3 Å². The lowest BCUT2D eigenvalue weighted by Crippen LogP contribution is -2.29. The molecule has 0 spiro atoms. The standard InChI is InChI=1S/C17H24N4O3/c1-20(2)7-8-21-14-9-13(5-6-15(14)24-17(21)23)19-16(22)11-18-10-12-3-4-12/h5-6,9,12,18H,3-4,7-8,10-11H2,1-2H3,(H,19,22). The number of carbonyl (C=O) groups excluding carboxylic acids is 1. The van der Waals surface area contributed by atoms with E-state index in [0.29, 0.717) is 29.9 Å². The van der Waals surface area contributed by atoms with Crippen molar-refractivity contribution in [1.29, 1.82) is 0 Å². The van der Waals surface area contributed by atoms with Crippen LogP contribution < -0.4 is 16.4 Å². The van der Waals surface area contributed by atoms with E-state index in [1.54, 1.807) is 22.8 Å². The van der Waals surface area contributed by atoms with E-state index in [9.17, 15) is 9.59 Å². The fourth-order valence-corrected chi connectivity index (χ4v) is 2.57. The Morgan fingerprint density at radius 1 is 1.38 bits per heavy atom. The number of fused-ring (bicyclic) bond motifs is 1. The highest BCUT2D eigenvalue weighted by Crippen LogP contribution is 2.27. The zero-order valence-electron chi connectivity index (χ0n) is 14.2. The molecule has 3 rings (SSSR count). The van der Waals surface area contributed by atoms with Gasteiger partial charge in [0.1, 0.15) is 0 Å². The normalized spacial score (nSPS) is 14.5. The lowest BCUT2D eigenvalue weighted by molar-refractivity contribution is -0.115. The third-order valence-corrected chi connectivity index (χ3v) is 4.14. The maximum Gasteiger partial charge on any atom is 0.419 e. The Morgan fingerprint density at radius 3 is 2.88 bits per heavy atom. The number of nitrogens with one attached hydrogen (secondary N) is 2. The molecule has 0 radical (unpaired) electrons. The average molecular weight is 332 g/mol. The van der Waals surface area contributed by atoms with Crippen molar-refractivity contribution < 1.29 is 9.21 Å². The fraction of sp³-hybridized carbons (Fsp3) is 0.529. The van der Waals surface area contributed by atoms with Crippen molar-refractivity contribution in [3.8, 4) is 0 Å². The van der Waals surface area contributed by atoms with Crippen LogP contribution in [0.15, 0.2) is 27.4 Å². The van der Waals surface area contributed by atoms with Gasteiger partial charge in [0.2, 0.25) is 5.91 Å². The SMILES string of the molecule is CN(C)CCn1c(=O)oc2ccc(NC(=O)CNCC3CC3)cc21. The topological polar surface area (TPSA) is 79.5 Å². The van der Waals surface area contributed by atoms with Gasteiger partial charge in [-0.2, -0.15) is 0 Å². The Kier molecular flexibility index (Phi) is 5.01. The first kappa shape index (κ1) is 16.7. The second-order valence-electron chi connectivity index (χ2n) is 6.63. The van der Waals surface area contributed by atoms with Gasteiger partial charge in [-0.3, -0.25) is 9.36 Å². The van der Waals surface area contributed by atoms with Crippen molar-refractivity contribution in [2.75, 3.05) is 39.0 Å². The molecule has 2 N–H and O–H groups in total. The van der Waals surface area contributed by atoms with Crippen LogP contribution >= 0.6 is 0 Å². The summed E-state index contributed by atoms with van der Waals surface area (Å²) in [7, 11) is 3.90. The number of nitrogens with zero attached hydrogens (tertiary/aromatic N) is 2. The van der Waals surface area contributed by atoms with Gasteiger partial charge in [-0.1, -0.05) is 0 Å². The molecule has 1 amide bonds. The molecule has 7 nitrogen and oxygen atoms in total. The number of amides is 1. The number of carbonyl (C=O) groups is 1. The Hall–Kier alpha value is -2.12. The van der Waals surface area contributed by atoms with Gasteiger partial charge in [0, 0.05) is 18.8 Å². The molecule has 130 valence electrons. The van der Waals surface area contributed by atoms with Gasteiger partial charge in [-0.05, 0) is 57.6 Å². The molecule has 0 saturated heterocycles. The first-order valence-electron chi connectivity index (χ1n) is 8.31. The highest BCUT2D eigenvalue weighted by Gasteiger charge is 2.20. The molecule has 1 aromatic heterocycles. The van der Waals surface area contributed by atoms with E-state index in [2.05, 4.69) is 10.6 Å². The Bertz CT molecular complexity index is 774. The highest BCUT2D eigenvalue weighted by molar-refractivity contribution is 5.94. The van der Waals surface area contributed by atoms with Crippen LogP contribution in [-0.4, -0.2) is 49.1 Å². The van der Waals surface area contributed by atoms with Crippen LogP contribution in [0, 0.1) is 5.92 Å². The number of anilines is 1. The summed E-state index contributed by atoms with van der Waals surface area (Å²) >= 11 is 0. The zero-order valence-corrected chi connectivity index (χ0v) is 14.2. The van der Waals surface area contributed by atoms with Crippen LogP contribution in [0.2, 0.25) is 0 Å². The smallest absolute Gasteiger partial charge is 0.408 e. The van der Waals surface area contributed by atoms with Crippen molar-refractivity contribution in [3.05, 3.63) is 28.7 Å². The van der Waals surface area contributed by atoms with Gasteiger partial charge in [0.05, 0.1) is 12.1 Å². The van der Waals surface area contributed by atoms with Crippen LogP contribution in [0.5, 0.6) is 0 Å². The summed E-state index contributed by atoms with van der Waals surface area (Å²) in [4.78, 5) is 26.0. The fourth-order valence-electron chi connectivity index (χ4n) is 2.57. The Morgan fingerprint density at radius 2 is 2.17 bits per heavy atom. The van der Waals surface area contributed by atoms with E-state index in [4.69, 9.17) is 4.42 Å². The minimum atomic E-state index is -0.374. The second kappa shape index (κ2) is 7.19. The lowest BCUT2D eigenvalue weighted by Gasteiger charge is -2.10. The number of oxazole rings is 1. The van der Waals surface area contributed by atoms with Crippen molar-refractivity contribution in [3.63, 3.8) is 0 Å². The summed E-state index contributed by atoms with van der Waals surface area (Å²) in [6.07, 6.45) is 2.52. The largest absolute Gasteiger partial charge is 0.419 e. The monoisotopic (exact) mass is 332 g/mol. The second-order valence-corrected chi connectivity index (χ2v) is 6.63. The number of benzene rings is 1. The quantitative estimate of drug-likeness (QED) is 0.757. The summed E-state index contributed by atoms with van der Waals surface area (Å²) in [5, 5.41) is 6.02. The first-order valence-corrected chi connectivity index (χ1v) is 8.31. The molecule has 0 unspecified atom stereocenters. The Labute approximate surface area is 140 Å². The zero-order chi connectivity index (χ0) is 17.1. The molecule has 7 heteroatoms. The molecule has 0 bridgehead atoms. The number of rotatable bonds is 8. The predicted octanol–water partition coefficient (Wildman–Crippen LogP) is 1.09. The minimum absolute atomic E-state index is 0.0827. The number of aromatic nitrogens is 1. The maximum atomic E-state index is 12.0. The number of hydrogen-bond acceptors (Lipinski definition) is 5. The van der Waals surface area contributed by atoms with Crippen molar-refractivity contribution >= 4 is 22.7 Å². The molecule has 1 aliphatic carbocycles. The molecule has 0 aliphatic heterocycles. The maximum absolute atomic E-state index is 12.0. The summed E-state index contributed by atoms with van der Waals surface area (Å²) in [6, 6.07) is 5.26.